The van der Waals surface area contributed by atoms with Gasteiger partial charge in [-0.1, -0.05) is 35.9 Å². The molecule has 0 amide bonds. The Morgan fingerprint density at radius 3 is 2.29 bits per heavy atom. The van der Waals surface area contributed by atoms with Crippen molar-refractivity contribution in [1.82, 2.24) is 5.43 Å². The maximum absolute atomic E-state index is 5.81. The summed E-state index contributed by atoms with van der Waals surface area (Å²) in [6.07, 6.45) is 0.830. The maximum Gasteiger partial charge on any atom is 0.124 e. The van der Waals surface area contributed by atoms with E-state index in [1.54, 1.807) is 7.11 Å². The molecule has 1 unspecified atom stereocenters. The van der Waals surface area contributed by atoms with Crippen LogP contribution in [0.1, 0.15) is 33.9 Å². The van der Waals surface area contributed by atoms with Crippen LogP contribution >= 0.6 is 0 Å². The summed E-state index contributed by atoms with van der Waals surface area (Å²) in [6.45, 7) is 6.27. The molecule has 112 valence electrons. The van der Waals surface area contributed by atoms with Crippen LogP contribution in [0.4, 0.5) is 0 Å². The summed E-state index contributed by atoms with van der Waals surface area (Å²) in [4.78, 5) is 0. The number of hydrazine groups is 1. The van der Waals surface area contributed by atoms with Gasteiger partial charge in [-0.05, 0) is 49.9 Å². The zero-order valence-electron chi connectivity index (χ0n) is 13.2. The first-order chi connectivity index (χ1) is 10.0. The monoisotopic (exact) mass is 284 g/mol. The van der Waals surface area contributed by atoms with Crippen LogP contribution in [0.3, 0.4) is 0 Å². The number of nitrogens with one attached hydrogen (secondary N) is 1. The van der Waals surface area contributed by atoms with Crippen molar-refractivity contribution in [3.8, 4) is 5.75 Å². The molecule has 3 N–H and O–H groups in total. The van der Waals surface area contributed by atoms with Crippen molar-refractivity contribution in [3.05, 3.63) is 64.2 Å². The molecule has 0 aromatic heterocycles. The molecule has 0 radical (unpaired) electrons. The van der Waals surface area contributed by atoms with E-state index in [9.17, 15) is 0 Å². The molecule has 0 aliphatic rings. The third kappa shape index (κ3) is 3.63. The maximum atomic E-state index is 5.81. The molecule has 2 rings (SSSR count). The standard InChI is InChI=1S/C18H24N2O/c1-12-5-7-15(8-6-12)11-16(20-19)18-14(3)9-13(2)10-17(18)21-4/h5-10,16,20H,11,19H2,1-4H3. The van der Waals surface area contributed by atoms with Crippen LogP contribution in [-0.2, 0) is 6.42 Å². The third-order valence-electron chi connectivity index (χ3n) is 3.82. The van der Waals surface area contributed by atoms with Gasteiger partial charge in [0.15, 0.2) is 0 Å². The SMILES string of the molecule is COc1cc(C)cc(C)c1C(Cc1ccc(C)cc1)NN. The zero-order valence-corrected chi connectivity index (χ0v) is 13.2. The van der Waals surface area contributed by atoms with E-state index in [0.717, 1.165) is 17.7 Å². The van der Waals surface area contributed by atoms with Crippen LogP contribution in [0.5, 0.6) is 5.75 Å². The fourth-order valence-electron chi connectivity index (χ4n) is 2.76. The number of rotatable bonds is 5. The molecular weight excluding hydrogens is 260 g/mol. The fourth-order valence-corrected chi connectivity index (χ4v) is 2.76. The summed E-state index contributed by atoms with van der Waals surface area (Å²) in [5, 5.41) is 0. The van der Waals surface area contributed by atoms with Crippen LogP contribution in [0.15, 0.2) is 36.4 Å². The van der Waals surface area contributed by atoms with Gasteiger partial charge in [0.05, 0.1) is 13.2 Å². The largest absolute Gasteiger partial charge is 0.496 e. The first kappa shape index (κ1) is 15.5. The number of hydrogen-bond donors (Lipinski definition) is 2. The van der Waals surface area contributed by atoms with Gasteiger partial charge >= 0.3 is 0 Å². The van der Waals surface area contributed by atoms with Crippen molar-refractivity contribution in [3.63, 3.8) is 0 Å². The molecule has 0 saturated carbocycles. The first-order valence-corrected chi connectivity index (χ1v) is 7.22. The van der Waals surface area contributed by atoms with Gasteiger partial charge in [-0.15, -0.1) is 0 Å². The predicted octanol–water partition coefficient (Wildman–Crippen LogP) is 3.37. The molecule has 0 fully saturated rings. The summed E-state index contributed by atoms with van der Waals surface area (Å²) in [7, 11) is 1.71. The minimum atomic E-state index is 0.0308. The van der Waals surface area contributed by atoms with Crippen molar-refractivity contribution in [1.29, 1.82) is 0 Å². The Bertz CT molecular complexity index is 605. The highest BCUT2D eigenvalue weighted by molar-refractivity contribution is 5.45. The Labute approximate surface area is 127 Å². The molecule has 21 heavy (non-hydrogen) atoms. The quantitative estimate of drug-likeness (QED) is 0.653. The smallest absolute Gasteiger partial charge is 0.124 e. The summed E-state index contributed by atoms with van der Waals surface area (Å²) >= 11 is 0. The Morgan fingerprint density at radius 1 is 1.05 bits per heavy atom. The van der Waals surface area contributed by atoms with Crippen LogP contribution in [0, 0.1) is 20.8 Å². The van der Waals surface area contributed by atoms with E-state index in [1.807, 2.05) is 0 Å². The molecular formula is C18H24N2O. The van der Waals surface area contributed by atoms with Crippen molar-refractivity contribution in [2.45, 2.75) is 33.2 Å². The second kappa shape index (κ2) is 6.74. The fraction of sp³-hybridized carbons (Fsp3) is 0.333. The van der Waals surface area contributed by atoms with E-state index in [4.69, 9.17) is 10.6 Å². The molecule has 3 nitrogen and oxygen atoms in total. The molecule has 2 aromatic rings. The zero-order chi connectivity index (χ0) is 15.4. The van der Waals surface area contributed by atoms with E-state index in [2.05, 4.69) is 62.6 Å². The lowest BCUT2D eigenvalue weighted by atomic mass is 9.93. The third-order valence-corrected chi connectivity index (χ3v) is 3.82. The lowest BCUT2D eigenvalue weighted by Gasteiger charge is -2.22. The van der Waals surface area contributed by atoms with Crippen molar-refractivity contribution < 1.29 is 4.74 Å². The molecule has 0 bridgehead atoms. The molecule has 0 spiro atoms. The van der Waals surface area contributed by atoms with E-state index >= 15 is 0 Å². The molecule has 2 aromatic carbocycles. The van der Waals surface area contributed by atoms with Gasteiger partial charge in [0.2, 0.25) is 0 Å². The molecule has 0 heterocycles. The van der Waals surface area contributed by atoms with E-state index in [-0.39, 0.29) is 6.04 Å². The summed E-state index contributed by atoms with van der Waals surface area (Å²) in [6, 6.07) is 12.8. The Morgan fingerprint density at radius 2 is 1.71 bits per heavy atom. The van der Waals surface area contributed by atoms with E-state index < -0.39 is 0 Å². The molecule has 3 heteroatoms. The lowest BCUT2D eigenvalue weighted by Crippen LogP contribution is -2.30. The minimum Gasteiger partial charge on any atom is -0.496 e. The summed E-state index contributed by atoms with van der Waals surface area (Å²) in [5.41, 5.74) is 8.98. The van der Waals surface area contributed by atoms with Gasteiger partial charge in [-0.25, -0.2) is 0 Å². The average molecular weight is 284 g/mol. The van der Waals surface area contributed by atoms with Gasteiger partial charge < -0.3 is 4.74 Å². The van der Waals surface area contributed by atoms with Crippen LogP contribution < -0.4 is 16.0 Å². The Kier molecular flexibility index (Phi) is 4.99. The highest BCUT2D eigenvalue weighted by Gasteiger charge is 2.18. The summed E-state index contributed by atoms with van der Waals surface area (Å²) < 4.78 is 5.55. The topological polar surface area (TPSA) is 47.3 Å². The van der Waals surface area contributed by atoms with Crippen LogP contribution in [0.2, 0.25) is 0 Å². The second-order valence-electron chi connectivity index (χ2n) is 5.61. The van der Waals surface area contributed by atoms with E-state index in [0.29, 0.717) is 0 Å². The number of benzene rings is 2. The van der Waals surface area contributed by atoms with Crippen molar-refractivity contribution >= 4 is 0 Å². The Hall–Kier alpha value is -1.84. The van der Waals surface area contributed by atoms with Gasteiger partial charge in [0.25, 0.3) is 0 Å². The van der Waals surface area contributed by atoms with Gasteiger partial charge in [-0.2, -0.15) is 0 Å². The van der Waals surface area contributed by atoms with Crippen molar-refractivity contribution in [2.24, 2.45) is 5.84 Å². The molecule has 0 saturated heterocycles. The molecule has 0 aliphatic carbocycles. The highest BCUT2D eigenvalue weighted by Crippen LogP contribution is 2.31. The van der Waals surface area contributed by atoms with Gasteiger partial charge in [0.1, 0.15) is 5.75 Å². The minimum absolute atomic E-state index is 0.0308. The number of hydrogen-bond acceptors (Lipinski definition) is 3. The first-order valence-electron chi connectivity index (χ1n) is 7.22. The van der Waals surface area contributed by atoms with Gasteiger partial charge in [0, 0.05) is 5.56 Å². The van der Waals surface area contributed by atoms with Gasteiger partial charge in [-0.3, -0.25) is 11.3 Å². The molecule has 1 atom stereocenters. The highest BCUT2D eigenvalue weighted by atomic mass is 16.5. The number of methoxy groups -OCH3 is 1. The Balaban J connectivity index is 2.35. The second-order valence-corrected chi connectivity index (χ2v) is 5.61. The number of ether oxygens (including phenoxy) is 1. The lowest BCUT2D eigenvalue weighted by molar-refractivity contribution is 0.398. The van der Waals surface area contributed by atoms with Crippen molar-refractivity contribution in [2.75, 3.05) is 7.11 Å². The van der Waals surface area contributed by atoms with Crippen LogP contribution in [-0.4, -0.2) is 7.11 Å². The number of nitrogens with two attached hydrogens (primary N) is 1. The normalized spacial score (nSPS) is 12.2. The van der Waals surface area contributed by atoms with E-state index in [1.165, 1.54) is 22.3 Å². The average Bonchev–Trinajstić information content (AvgIpc) is 2.46. The predicted molar refractivity (Wildman–Crippen MR) is 87.4 cm³/mol. The summed E-state index contributed by atoms with van der Waals surface area (Å²) in [5.74, 6) is 6.70. The van der Waals surface area contributed by atoms with Crippen LogP contribution in [0.25, 0.3) is 0 Å². The molecule has 0 aliphatic heterocycles. The number of aryl methyl sites for hydroxylation is 3.